The summed E-state index contributed by atoms with van der Waals surface area (Å²) in [4.78, 5) is 12.3. The van der Waals surface area contributed by atoms with Crippen molar-refractivity contribution in [3.05, 3.63) is 76.9 Å². The molecular formula is C19H18ClN3O2. The maximum Gasteiger partial charge on any atom is 0.256 e. The van der Waals surface area contributed by atoms with Gasteiger partial charge in [0, 0.05) is 22.8 Å². The van der Waals surface area contributed by atoms with Crippen molar-refractivity contribution in [2.24, 2.45) is 0 Å². The van der Waals surface area contributed by atoms with Gasteiger partial charge >= 0.3 is 0 Å². The van der Waals surface area contributed by atoms with Crippen LogP contribution in [0.1, 0.15) is 22.8 Å². The molecule has 128 valence electrons. The Hall–Kier alpha value is -2.79. The lowest BCUT2D eigenvalue weighted by Crippen LogP contribution is -2.12. The summed E-state index contributed by atoms with van der Waals surface area (Å²) in [6, 6.07) is 16.4. The lowest BCUT2D eigenvalue weighted by atomic mass is 10.2. The Morgan fingerprint density at radius 1 is 1.20 bits per heavy atom. The van der Waals surface area contributed by atoms with E-state index >= 15 is 0 Å². The summed E-state index contributed by atoms with van der Waals surface area (Å²) >= 11 is 5.99. The molecule has 6 heteroatoms. The predicted octanol–water partition coefficient (Wildman–Crippen LogP) is 4.24. The molecule has 0 aliphatic rings. The normalized spacial score (nSPS) is 10.5. The molecule has 1 N–H and O–H groups in total. The lowest BCUT2D eigenvalue weighted by molar-refractivity contribution is 0.102. The van der Waals surface area contributed by atoms with Crippen molar-refractivity contribution >= 4 is 23.3 Å². The fraction of sp³-hybridized carbons (Fsp3) is 0.158. The molecule has 1 amide bonds. The molecule has 3 rings (SSSR count). The Kier molecular flexibility index (Phi) is 5.36. The Morgan fingerprint density at radius 2 is 2.00 bits per heavy atom. The topological polar surface area (TPSA) is 56.1 Å². The lowest BCUT2D eigenvalue weighted by Gasteiger charge is -2.05. The number of nitrogens with one attached hydrogen (secondary N) is 1. The van der Waals surface area contributed by atoms with E-state index in [2.05, 4.69) is 10.4 Å². The van der Waals surface area contributed by atoms with E-state index in [1.807, 2.05) is 37.4 Å². The highest BCUT2D eigenvalue weighted by Crippen LogP contribution is 2.15. The molecule has 0 spiro atoms. The molecule has 0 unspecified atom stereocenters. The van der Waals surface area contributed by atoms with Crippen molar-refractivity contribution < 1.29 is 9.53 Å². The van der Waals surface area contributed by atoms with Crippen LogP contribution in [0, 0.1) is 0 Å². The number of anilines is 1. The number of rotatable bonds is 6. The van der Waals surface area contributed by atoms with E-state index < -0.39 is 0 Å². The molecular weight excluding hydrogens is 338 g/mol. The van der Waals surface area contributed by atoms with Gasteiger partial charge in [0.1, 0.15) is 5.75 Å². The van der Waals surface area contributed by atoms with Crippen LogP contribution in [0.2, 0.25) is 5.02 Å². The number of nitrogens with zero attached hydrogens (tertiary/aromatic N) is 2. The molecule has 0 radical (unpaired) electrons. The molecule has 0 bridgehead atoms. The minimum Gasteiger partial charge on any atom is -0.494 e. The number of aromatic nitrogens is 2. The second-order valence-corrected chi connectivity index (χ2v) is 5.88. The van der Waals surface area contributed by atoms with E-state index in [-0.39, 0.29) is 5.91 Å². The van der Waals surface area contributed by atoms with Crippen molar-refractivity contribution in [1.29, 1.82) is 0 Å². The zero-order valence-electron chi connectivity index (χ0n) is 13.8. The monoisotopic (exact) mass is 355 g/mol. The Bertz CT molecular complexity index is 859. The van der Waals surface area contributed by atoms with E-state index in [9.17, 15) is 4.79 Å². The van der Waals surface area contributed by atoms with Gasteiger partial charge in [0.25, 0.3) is 5.91 Å². The van der Waals surface area contributed by atoms with Crippen LogP contribution in [0.3, 0.4) is 0 Å². The minimum absolute atomic E-state index is 0.212. The Labute approximate surface area is 151 Å². The highest BCUT2D eigenvalue weighted by molar-refractivity contribution is 6.30. The second-order valence-electron chi connectivity index (χ2n) is 5.44. The first-order valence-corrected chi connectivity index (χ1v) is 8.34. The zero-order chi connectivity index (χ0) is 17.6. The third kappa shape index (κ3) is 4.61. The van der Waals surface area contributed by atoms with Crippen LogP contribution in [-0.2, 0) is 6.54 Å². The van der Waals surface area contributed by atoms with Crippen LogP contribution >= 0.6 is 11.6 Å². The molecule has 0 saturated heterocycles. The minimum atomic E-state index is -0.212. The third-order valence-electron chi connectivity index (χ3n) is 3.54. The smallest absolute Gasteiger partial charge is 0.256 e. The van der Waals surface area contributed by atoms with Crippen LogP contribution in [0.4, 0.5) is 5.82 Å². The first kappa shape index (κ1) is 17.0. The largest absolute Gasteiger partial charge is 0.494 e. The number of halogens is 1. The highest BCUT2D eigenvalue weighted by atomic mass is 35.5. The number of amides is 1. The highest BCUT2D eigenvalue weighted by Gasteiger charge is 2.08. The molecule has 5 nitrogen and oxygen atoms in total. The molecule has 0 aliphatic heterocycles. The summed E-state index contributed by atoms with van der Waals surface area (Å²) < 4.78 is 7.12. The Morgan fingerprint density at radius 3 is 2.72 bits per heavy atom. The van der Waals surface area contributed by atoms with Gasteiger partial charge < -0.3 is 10.1 Å². The van der Waals surface area contributed by atoms with E-state index in [0.29, 0.717) is 29.6 Å². The predicted molar refractivity (Wildman–Crippen MR) is 98.3 cm³/mol. The van der Waals surface area contributed by atoms with Crippen LogP contribution in [0.15, 0.2) is 60.8 Å². The van der Waals surface area contributed by atoms with E-state index in [0.717, 1.165) is 11.3 Å². The maximum atomic E-state index is 12.3. The molecule has 1 aromatic heterocycles. The third-order valence-corrected chi connectivity index (χ3v) is 3.78. The summed E-state index contributed by atoms with van der Waals surface area (Å²) in [6.45, 7) is 3.09. The van der Waals surface area contributed by atoms with E-state index in [1.165, 1.54) is 0 Å². The molecule has 1 heterocycles. The summed E-state index contributed by atoms with van der Waals surface area (Å²) in [7, 11) is 0. The number of ether oxygens (including phenoxy) is 1. The molecule has 3 aromatic rings. The van der Waals surface area contributed by atoms with Crippen molar-refractivity contribution in [2.45, 2.75) is 13.5 Å². The molecule has 0 saturated carbocycles. The number of hydrogen-bond donors (Lipinski definition) is 1. The zero-order valence-corrected chi connectivity index (χ0v) is 14.5. The van der Waals surface area contributed by atoms with Crippen molar-refractivity contribution in [3.8, 4) is 5.75 Å². The van der Waals surface area contributed by atoms with Crippen molar-refractivity contribution in [2.75, 3.05) is 11.9 Å². The molecule has 0 aliphatic carbocycles. The number of hydrogen-bond acceptors (Lipinski definition) is 3. The number of carbonyl (C=O) groups is 1. The van der Waals surface area contributed by atoms with Crippen LogP contribution in [-0.4, -0.2) is 22.3 Å². The van der Waals surface area contributed by atoms with Gasteiger partial charge in [0.15, 0.2) is 5.82 Å². The van der Waals surface area contributed by atoms with E-state index in [4.69, 9.17) is 16.3 Å². The number of carbonyl (C=O) groups excluding carboxylic acids is 1. The van der Waals surface area contributed by atoms with Crippen LogP contribution in [0.25, 0.3) is 0 Å². The fourth-order valence-corrected chi connectivity index (χ4v) is 2.61. The summed E-state index contributed by atoms with van der Waals surface area (Å²) in [5.74, 6) is 1.03. The standard InChI is InChI=1S/C19H18ClN3O2/c1-2-25-17-8-6-15(7-9-17)19(24)21-18-10-11-23(22-18)13-14-4-3-5-16(20)12-14/h3-12H,2,13H2,1H3,(H,21,22,24). The molecule has 0 fully saturated rings. The van der Waals surface area contributed by atoms with Crippen molar-refractivity contribution in [3.63, 3.8) is 0 Å². The van der Waals surface area contributed by atoms with Gasteiger partial charge in [-0.25, -0.2) is 0 Å². The first-order valence-electron chi connectivity index (χ1n) is 7.96. The van der Waals surface area contributed by atoms with Gasteiger partial charge in [-0.1, -0.05) is 23.7 Å². The summed E-state index contributed by atoms with van der Waals surface area (Å²) in [6.07, 6.45) is 1.81. The number of benzene rings is 2. The van der Waals surface area contributed by atoms with Crippen LogP contribution < -0.4 is 10.1 Å². The average Bonchev–Trinajstić information content (AvgIpc) is 3.02. The van der Waals surface area contributed by atoms with Crippen molar-refractivity contribution in [1.82, 2.24) is 9.78 Å². The van der Waals surface area contributed by atoms with Gasteiger partial charge in [-0.05, 0) is 48.9 Å². The average molecular weight is 356 g/mol. The van der Waals surface area contributed by atoms with Gasteiger partial charge in [0.05, 0.1) is 13.2 Å². The quantitative estimate of drug-likeness (QED) is 0.719. The molecule has 0 atom stereocenters. The van der Waals surface area contributed by atoms with Crippen LogP contribution in [0.5, 0.6) is 5.75 Å². The summed E-state index contributed by atoms with van der Waals surface area (Å²) in [5, 5.41) is 7.84. The SMILES string of the molecule is CCOc1ccc(C(=O)Nc2ccn(Cc3cccc(Cl)c3)n2)cc1. The van der Waals surface area contributed by atoms with Gasteiger partial charge in [-0.2, -0.15) is 5.10 Å². The fourth-order valence-electron chi connectivity index (χ4n) is 2.40. The van der Waals surface area contributed by atoms with Gasteiger partial charge in [-0.3, -0.25) is 9.48 Å². The maximum absolute atomic E-state index is 12.3. The first-order chi connectivity index (χ1) is 12.1. The Balaban J connectivity index is 1.63. The summed E-state index contributed by atoms with van der Waals surface area (Å²) in [5.41, 5.74) is 1.59. The van der Waals surface area contributed by atoms with E-state index in [1.54, 1.807) is 35.0 Å². The van der Waals surface area contributed by atoms with Gasteiger partial charge in [-0.15, -0.1) is 0 Å². The molecule has 2 aromatic carbocycles. The second kappa shape index (κ2) is 7.85. The molecule has 25 heavy (non-hydrogen) atoms. The van der Waals surface area contributed by atoms with Gasteiger partial charge in [0.2, 0.25) is 0 Å².